The third-order valence-electron chi connectivity index (χ3n) is 3.02. The monoisotopic (exact) mass is 248 g/mol. The van der Waals surface area contributed by atoms with Gasteiger partial charge in [-0.25, -0.2) is 4.99 Å². The topological polar surface area (TPSA) is 15.6 Å². The van der Waals surface area contributed by atoms with Crippen LogP contribution in [-0.2, 0) is 0 Å². The molecule has 0 aliphatic carbocycles. The van der Waals surface area contributed by atoms with Gasteiger partial charge in [0.25, 0.3) is 0 Å². The smallest absolute Gasteiger partial charge is 0.119 e. The molecule has 92 valence electrons. The highest BCUT2D eigenvalue weighted by Crippen LogP contribution is 2.28. The van der Waals surface area contributed by atoms with Crippen molar-refractivity contribution >= 4 is 23.3 Å². The van der Waals surface area contributed by atoms with Crippen LogP contribution < -0.4 is 0 Å². The van der Waals surface area contributed by atoms with Crippen molar-refractivity contribution in [1.82, 2.24) is 4.90 Å². The number of aliphatic imine (C=N–C) groups is 1. The van der Waals surface area contributed by atoms with Crippen molar-refractivity contribution in [1.29, 1.82) is 0 Å². The first-order valence-corrected chi connectivity index (χ1v) is 7.16. The molecule has 2 nitrogen and oxygen atoms in total. The van der Waals surface area contributed by atoms with Crippen molar-refractivity contribution < 1.29 is 0 Å². The second kappa shape index (κ2) is 5.13. The van der Waals surface area contributed by atoms with Gasteiger partial charge in [-0.05, 0) is 39.8 Å². The van der Waals surface area contributed by atoms with Crippen molar-refractivity contribution in [3.63, 3.8) is 0 Å². The lowest BCUT2D eigenvalue weighted by Crippen LogP contribution is -2.34. The summed E-state index contributed by atoms with van der Waals surface area (Å²) < 4.78 is 0. The van der Waals surface area contributed by atoms with Gasteiger partial charge in [-0.2, -0.15) is 0 Å². The summed E-state index contributed by atoms with van der Waals surface area (Å²) in [5.41, 5.74) is 2.34. The van der Waals surface area contributed by atoms with Crippen LogP contribution in [0.3, 0.4) is 0 Å². The van der Waals surface area contributed by atoms with E-state index in [4.69, 9.17) is 4.99 Å². The largest absolute Gasteiger partial charge is 0.347 e. The van der Waals surface area contributed by atoms with Gasteiger partial charge in [-0.3, -0.25) is 0 Å². The van der Waals surface area contributed by atoms with Gasteiger partial charge in [-0.15, -0.1) is 11.8 Å². The Kier molecular flexibility index (Phi) is 3.77. The molecule has 0 aromatic heterocycles. The molecule has 1 heterocycles. The maximum Gasteiger partial charge on any atom is 0.119 e. The molecule has 0 bridgehead atoms. The first-order chi connectivity index (χ1) is 8.08. The summed E-state index contributed by atoms with van der Waals surface area (Å²) in [4.78, 5) is 7.19. The van der Waals surface area contributed by atoms with Gasteiger partial charge in [0, 0.05) is 6.04 Å². The van der Waals surface area contributed by atoms with Crippen LogP contribution in [0.2, 0.25) is 0 Å². The van der Waals surface area contributed by atoms with E-state index in [0.717, 1.165) is 11.6 Å². The summed E-state index contributed by atoms with van der Waals surface area (Å²) in [6.07, 6.45) is 0. The molecule has 2 rings (SSSR count). The fourth-order valence-electron chi connectivity index (χ4n) is 1.89. The molecule has 1 saturated heterocycles. The first-order valence-electron chi connectivity index (χ1n) is 6.11. The molecular formula is C14H20N2S. The van der Waals surface area contributed by atoms with Crippen molar-refractivity contribution in [2.75, 3.05) is 5.88 Å². The van der Waals surface area contributed by atoms with E-state index in [-0.39, 0.29) is 0 Å². The number of benzene rings is 1. The average molecular weight is 248 g/mol. The molecular weight excluding hydrogens is 228 g/mol. The van der Waals surface area contributed by atoms with Gasteiger partial charge in [0.05, 0.1) is 16.8 Å². The van der Waals surface area contributed by atoms with Crippen LogP contribution in [0.1, 0.15) is 26.3 Å². The summed E-state index contributed by atoms with van der Waals surface area (Å²) in [7, 11) is 0. The summed E-state index contributed by atoms with van der Waals surface area (Å²) in [6, 6.07) is 8.95. The van der Waals surface area contributed by atoms with Gasteiger partial charge in [0.1, 0.15) is 5.84 Å². The van der Waals surface area contributed by atoms with E-state index in [1.165, 1.54) is 11.4 Å². The lowest BCUT2D eigenvalue weighted by atomic mass is 10.2. The van der Waals surface area contributed by atoms with Crippen LogP contribution >= 0.6 is 11.8 Å². The molecule has 1 atom stereocenters. The third kappa shape index (κ3) is 2.83. The quantitative estimate of drug-likeness (QED) is 0.790. The normalized spacial score (nSPS) is 22.8. The summed E-state index contributed by atoms with van der Waals surface area (Å²) in [5, 5.41) is 0.499. The van der Waals surface area contributed by atoms with Crippen molar-refractivity contribution in [2.45, 2.75) is 39.0 Å². The van der Waals surface area contributed by atoms with E-state index in [9.17, 15) is 0 Å². The standard InChI is InChI=1S/C14H20N2S/c1-10(2)16-9-17-12(4)14(16)15-13-7-5-11(3)6-8-13/h5-8,10,12H,9H2,1-4H3. The number of rotatable bonds is 2. The fraction of sp³-hybridized carbons (Fsp3) is 0.500. The number of nitrogens with zero attached hydrogens (tertiary/aromatic N) is 2. The van der Waals surface area contributed by atoms with E-state index < -0.39 is 0 Å². The van der Waals surface area contributed by atoms with Gasteiger partial charge < -0.3 is 4.90 Å². The van der Waals surface area contributed by atoms with Crippen LogP contribution in [0.15, 0.2) is 29.3 Å². The molecule has 0 spiro atoms. The minimum Gasteiger partial charge on any atom is -0.347 e. The molecule has 0 radical (unpaired) electrons. The summed E-state index contributed by atoms with van der Waals surface area (Å²) >= 11 is 1.96. The van der Waals surface area contributed by atoms with Crippen LogP contribution in [0.5, 0.6) is 0 Å². The van der Waals surface area contributed by atoms with Crippen LogP contribution in [0.4, 0.5) is 5.69 Å². The van der Waals surface area contributed by atoms with E-state index in [2.05, 4.69) is 56.9 Å². The zero-order chi connectivity index (χ0) is 12.4. The SMILES string of the molecule is Cc1ccc(N=C2C(C)SCN2C(C)C)cc1. The molecule has 0 saturated carbocycles. The molecule has 0 N–H and O–H groups in total. The predicted octanol–water partition coefficient (Wildman–Crippen LogP) is 3.83. The van der Waals surface area contributed by atoms with E-state index in [1.807, 2.05) is 11.8 Å². The lowest BCUT2D eigenvalue weighted by Gasteiger charge is -2.23. The Morgan fingerprint density at radius 1 is 1.29 bits per heavy atom. The minimum absolute atomic E-state index is 0.499. The molecule has 17 heavy (non-hydrogen) atoms. The maximum absolute atomic E-state index is 4.80. The Bertz CT molecular complexity index is 409. The van der Waals surface area contributed by atoms with Gasteiger partial charge in [0.15, 0.2) is 0 Å². The van der Waals surface area contributed by atoms with Crippen LogP contribution in [0.25, 0.3) is 0 Å². The van der Waals surface area contributed by atoms with Gasteiger partial charge in [-0.1, -0.05) is 17.7 Å². The van der Waals surface area contributed by atoms with Crippen LogP contribution in [-0.4, -0.2) is 27.9 Å². The number of hydrogen-bond donors (Lipinski definition) is 0. The van der Waals surface area contributed by atoms with Crippen LogP contribution in [0, 0.1) is 6.92 Å². The maximum atomic E-state index is 4.80. The Morgan fingerprint density at radius 3 is 2.53 bits per heavy atom. The Hall–Kier alpha value is -0.960. The number of aryl methyl sites for hydroxylation is 1. The van der Waals surface area contributed by atoms with Gasteiger partial charge in [0.2, 0.25) is 0 Å². The highest BCUT2D eigenvalue weighted by molar-refractivity contribution is 8.01. The number of amidine groups is 1. The molecule has 3 heteroatoms. The second-order valence-corrected chi connectivity index (χ2v) is 6.11. The molecule has 0 amide bonds. The van der Waals surface area contributed by atoms with E-state index in [1.54, 1.807) is 0 Å². The Labute approximate surface area is 108 Å². The fourth-order valence-corrected chi connectivity index (χ4v) is 3.04. The van der Waals surface area contributed by atoms with Crippen molar-refractivity contribution in [3.8, 4) is 0 Å². The highest BCUT2D eigenvalue weighted by Gasteiger charge is 2.28. The molecule has 1 fully saturated rings. The van der Waals surface area contributed by atoms with Gasteiger partial charge >= 0.3 is 0 Å². The Morgan fingerprint density at radius 2 is 1.94 bits per heavy atom. The van der Waals surface area contributed by atoms with E-state index in [0.29, 0.717) is 11.3 Å². The predicted molar refractivity (Wildman–Crippen MR) is 77.2 cm³/mol. The number of thioether (sulfide) groups is 1. The molecule has 1 unspecified atom stereocenters. The minimum atomic E-state index is 0.499. The molecule has 1 aromatic carbocycles. The molecule has 1 aliphatic rings. The molecule has 1 aliphatic heterocycles. The highest BCUT2D eigenvalue weighted by atomic mass is 32.2. The number of hydrogen-bond acceptors (Lipinski definition) is 2. The summed E-state index contributed by atoms with van der Waals surface area (Å²) in [6.45, 7) is 8.79. The molecule has 1 aromatic rings. The average Bonchev–Trinajstić information content (AvgIpc) is 2.64. The third-order valence-corrected chi connectivity index (χ3v) is 4.16. The van der Waals surface area contributed by atoms with Crippen molar-refractivity contribution in [2.24, 2.45) is 4.99 Å². The van der Waals surface area contributed by atoms with Crippen molar-refractivity contribution in [3.05, 3.63) is 29.8 Å². The zero-order valence-electron chi connectivity index (χ0n) is 11.0. The second-order valence-electron chi connectivity index (χ2n) is 4.81. The first kappa shape index (κ1) is 12.5. The van der Waals surface area contributed by atoms with E-state index >= 15 is 0 Å². The summed E-state index contributed by atoms with van der Waals surface area (Å²) in [5.74, 6) is 2.28. The lowest BCUT2D eigenvalue weighted by molar-refractivity contribution is 0.407. The Balaban J connectivity index is 2.27. The zero-order valence-corrected chi connectivity index (χ0v) is 11.8.